The molecule has 2 atom stereocenters. The molecule has 0 unspecified atom stereocenters. The van der Waals surface area contributed by atoms with E-state index >= 15 is 0 Å². The van der Waals surface area contributed by atoms with Gasteiger partial charge in [-0.15, -0.1) is 0 Å². The summed E-state index contributed by atoms with van der Waals surface area (Å²) in [5.74, 6) is 0. The van der Waals surface area contributed by atoms with Crippen LogP contribution in [-0.4, -0.2) is 12.1 Å². The summed E-state index contributed by atoms with van der Waals surface area (Å²) in [4.78, 5) is 0. The van der Waals surface area contributed by atoms with Crippen molar-refractivity contribution in [2.45, 2.75) is 31.3 Å². The van der Waals surface area contributed by atoms with Crippen LogP contribution in [0, 0.1) is 0 Å². The molecule has 0 amide bonds. The summed E-state index contributed by atoms with van der Waals surface area (Å²) in [5.41, 5.74) is 11.1. The van der Waals surface area contributed by atoms with E-state index in [1.165, 1.54) is 6.42 Å². The average Bonchev–Trinajstić information content (AvgIpc) is 1.91. The minimum atomic E-state index is 0. The van der Waals surface area contributed by atoms with Gasteiger partial charge in [0.05, 0.1) is 0 Å². The molecule has 3 heteroatoms. The first-order chi connectivity index (χ1) is 3.30. The van der Waals surface area contributed by atoms with E-state index in [1.54, 1.807) is 0 Å². The summed E-state index contributed by atoms with van der Waals surface area (Å²) >= 11 is 0. The van der Waals surface area contributed by atoms with Gasteiger partial charge in [0.25, 0.3) is 0 Å². The number of hydrogen-bond acceptors (Lipinski definition) is 2. The molecule has 0 heterocycles. The Morgan fingerprint density at radius 1 is 1.00 bits per heavy atom. The molecule has 1 aliphatic carbocycles. The van der Waals surface area contributed by atoms with Gasteiger partial charge in [-0.1, -0.05) is 6.42 Å². The van der Waals surface area contributed by atoms with Crippen LogP contribution in [-0.2, 0) is 21.1 Å². The third-order valence-electron chi connectivity index (χ3n) is 1.62. The third-order valence-corrected chi connectivity index (χ3v) is 1.62. The molecule has 0 aromatic heterocycles. The van der Waals surface area contributed by atoms with Crippen LogP contribution in [0.25, 0.3) is 0 Å². The van der Waals surface area contributed by atoms with Crippen LogP contribution in [0.2, 0.25) is 0 Å². The van der Waals surface area contributed by atoms with Crippen molar-refractivity contribution in [1.29, 1.82) is 0 Å². The van der Waals surface area contributed by atoms with E-state index in [-0.39, 0.29) is 21.1 Å². The zero-order valence-corrected chi connectivity index (χ0v) is 7.02. The van der Waals surface area contributed by atoms with E-state index in [2.05, 4.69) is 0 Å². The van der Waals surface area contributed by atoms with Crippen molar-refractivity contribution in [1.82, 2.24) is 0 Å². The molecule has 0 radical (unpaired) electrons. The summed E-state index contributed by atoms with van der Waals surface area (Å²) < 4.78 is 0. The Balaban J connectivity index is 0.000000490. The van der Waals surface area contributed by atoms with E-state index in [1.807, 2.05) is 0 Å². The zero-order valence-electron chi connectivity index (χ0n) is 4.75. The van der Waals surface area contributed by atoms with E-state index in [9.17, 15) is 0 Å². The Bertz CT molecular complexity index is 59.4. The van der Waals surface area contributed by atoms with Gasteiger partial charge in [-0.25, -0.2) is 0 Å². The molecule has 4 N–H and O–H groups in total. The fraction of sp³-hybridized carbons (Fsp3) is 1.00. The average molecular weight is 295 g/mol. The predicted octanol–water partition coefficient (Wildman–Crippen LogP) is -0.178. The third kappa shape index (κ3) is 1.85. The number of hydrogen-bond donors (Lipinski definition) is 2. The zero-order chi connectivity index (χ0) is 5.28. The number of rotatable bonds is 0. The van der Waals surface area contributed by atoms with Gasteiger partial charge in [-0.3, -0.25) is 0 Å². The molecule has 0 bridgehead atoms. The second-order valence-corrected chi connectivity index (χ2v) is 2.26. The summed E-state index contributed by atoms with van der Waals surface area (Å²) in [6.07, 6.45) is 3.48. The molecular weight excluding hydrogens is 283 g/mol. The van der Waals surface area contributed by atoms with Crippen LogP contribution in [0.4, 0.5) is 0 Å². The summed E-state index contributed by atoms with van der Waals surface area (Å²) in [6.45, 7) is 0. The SMILES string of the molecule is N[C@@H]1CCC[C@H]1N.[Pt]. The van der Waals surface area contributed by atoms with Crippen molar-refractivity contribution in [2.24, 2.45) is 11.5 Å². The van der Waals surface area contributed by atoms with Gasteiger partial charge in [-0.2, -0.15) is 0 Å². The first-order valence-corrected chi connectivity index (χ1v) is 2.82. The number of nitrogens with two attached hydrogens (primary N) is 2. The van der Waals surface area contributed by atoms with Gasteiger partial charge in [0, 0.05) is 33.1 Å². The summed E-state index contributed by atoms with van der Waals surface area (Å²) in [6, 6.07) is 0.583. The Morgan fingerprint density at radius 2 is 1.38 bits per heavy atom. The normalized spacial score (nSPS) is 36.8. The minimum absolute atomic E-state index is 0. The molecule has 0 aromatic carbocycles. The molecule has 0 aliphatic heterocycles. The van der Waals surface area contributed by atoms with Gasteiger partial charge in [0.1, 0.15) is 0 Å². The smallest absolute Gasteiger partial charge is 0.0192 e. The van der Waals surface area contributed by atoms with E-state index in [0.29, 0.717) is 12.1 Å². The fourth-order valence-electron chi connectivity index (χ4n) is 1.02. The Kier molecular flexibility index (Phi) is 3.87. The van der Waals surface area contributed by atoms with Crippen LogP contribution in [0.15, 0.2) is 0 Å². The standard InChI is InChI=1S/C5H12N2.Pt/c6-4-2-1-3-5(4)7;/h4-5H,1-3,6-7H2;/t4-,5-;/m1./s1. The second kappa shape index (κ2) is 3.60. The Hall–Kier alpha value is 0.608. The minimum Gasteiger partial charge on any atom is -0.326 e. The summed E-state index contributed by atoms with van der Waals surface area (Å²) in [5, 5.41) is 0. The van der Waals surface area contributed by atoms with Gasteiger partial charge in [0.15, 0.2) is 0 Å². The summed E-state index contributed by atoms with van der Waals surface area (Å²) in [7, 11) is 0. The molecule has 52 valence electrons. The molecule has 8 heavy (non-hydrogen) atoms. The van der Waals surface area contributed by atoms with Crippen molar-refractivity contribution in [3.63, 3.8) is 0 Å². The van der Waals surface area contributed by atoms with Crippen LogP contribution in [0.5, 0.6) is 0 Å². The van der Waals surface area contributed by atoms with Crippen molar-refractivity contribution >= 4 is 0 Å². The quantitative estimate of drug-likeness (QED) is 0.651. The van der Waals surface area contributed by atoms with E-state index in [0.717, 1.165) is 12.8 Å². The first-order valence-electron chi connectivity index (χ1n) is 2.82. The Morgan fingerprint density at radius 3 is 1.50 bits per heavy atom. The largest absolute Gasteiger partial charge is 0.326 e. The maximum atomic E-state index is 5.55. The topological polar surface area (TPSA) is 52.0 Å². The molecule has 1 saturated carbocycles. The van der Waals surface area contributed by atoms with E-state index in [4.69, 9.17) is 11.5 Å². The fourth-order valence-corrected chi connectivity index (χ4v) is 1.02. The molecule has 1 fully saturated rings. The molecule has 0 spiro atoms. The molecule has 0 saturated heterocycles. The first kappa shape index (κ1) is 8.61. The maximum Gasteiger partial charge on any atom is 0.0192 e. The van der Waals surface area contributed by atoms with Gasteiger partial charge < -0.3 is 11.5 Å². The van der Waals surface area contributed by atoms with Gasteiger partial charge in [0.2, 0.25) is 0 Å². The van der Waals surface area contributed by atoms with Crippen LogP contribution in [0.3, 0.4) is 0 Å². The van der Waals surface area contributed by atoms with Gasteiger partial charge >= 0.3 is 0 Å². The predicted molar refractivity (Wildman–Crippen MR) is 29.8 cm³/mol. The molecular formula is C5H12N2Pt. The van der Waals surface area contributed by atoms with Crippen LogP contribution >= 0.6 is 0 Å². The molecule has 0 aromatic rings. The van der Waals surface area contributed by atoms with Crippen molar-refractivity contribution in [3.05, 3.63) is 0 Å². The monoisotopic (exact) mass is 295 g/mol. The molecule has 1 rings (SSSR count). The van der Waals surface area contributed by atoms with Crippen molar-refractivity contribution in [2.75, 3.05) is 0 Å². The Labute approximate surface area is 64.3 Å². The van der Waals surface area contributed by atoms with Crippen molar-refractivity contribution in [3.8, 4) is 0 Å². The van der Waals surface area contributed by atoms with Gasteiger partial charge in [-0.05, 0) is 12.8 Å². The van der Waals surface area contributed by atoms with Crippen molar-refractivity contribution < 1.29 is 21.1 Å². The molecule has 2 nitrogen and oxygen atoms in total. The maximum absolute atomic E-state index is 5.55. The second-order valence-electron chi connectivity index (χ2n) is 2.26. The van der Waals surface area contributed by atoms with Crippen LogP contribution < -0.4 is 11.5 Å². The van der Waals surface area contributed by atoms with Crippen LogP contribution in [0.1, 0.15) is 19.3 Å². The molecule has 1 aliphatic rings. The van der Waals surface area contributed by atoms with E-state index < -0.39 is 0 Å².